The lowest BCUT2D eigenvalue weighted by Crippen LogP contribution is -2.51. The van der Waals surface area contributed by atoms with Crippen LogP contribution in [0, 0.1) is 24.2 Å². The molecule has 1 aliphatic rings. The smallest absolute Gasteiger partial charge is 0.310 e. The number of aliphatic carboxylic acids is 1. The van der Waals surface area contributed by atoms with E-state index < -0.39 is 5.97 Å². The molecule has 1 aromatic heterocycles. The van der Waals surface area contributed by atoms with E-state index in [2.05, 4.69) is 4.98 Å². The van der Waals surface area contributed by atoms with E-state index in [9.17, 15) is 4.79 Å². The molecular formula is C11H10ClN3O2. The van der Waals surface area contributed by atoms with E-state index in [1.54, 1.807) is 17.9 Å². The number of hydrogen-bond donors (Lipinski definition) is 1. The van der Waals surface area contributed by atoms with Crippen LogP contribution in [0.15, 0.2) is 6.07 Å². The lowest BCUT2D eigenvalue weighted by atomic mass is 10.0. The van der Waals surface area contributed by atoms with Gasteiger partial charge in [-0.15, -0.1) is 0 Å². The highest BCUT2D eigenvalue weighted by Crippen LogP contribution is 2.30. The van der Waals surface area contributed by atoms with Crippen LogP contribution in [-0.2, 0) is 4.79 Å². The summed E-state index contributed by atoms with van der Waals surface area (Å²) in [6.45, 7) is 2.55. The SMILES string of the molecule is Cc1nc(N2CC(C(=O)O)C2)c(Cl)cc1C#N. The van der Waals surface area contributed by atoms with Crippen LogP contribution >= 0.6 is 11.6 Å². The third-order valence-corrected chi connectivity index (χ3v) is 3.08. The van der Waals surface area contributed by atoms with Crippen molar-refractivity contribution in [3.63, 3.8) is 0 Å². The zero-order valence-corrected chi connectivity index (χ0v) is 9.90. The number of aryl methyl sites for hydroxylation is 1. The highest BCUT2D eigenvalue weighted by Gasteiger charge is 2.34. The molecule has 17 heavy (non-hydrogen) atoms. The Bertz CT molecular complexity index is 518. The topological polar surface area (TPSA) is 77.2 Å². The van der Waals surface area contributed by atoms with Gasteiger partial charge < -0.3 is 10.0 Å². The molecule has 0 aliphatic carbocycles. The Hall–Kier alpha value is -1.80. The number of hydrogen-bond acceptors (Lipinski definition) is 4. The number of nitrogens with zero attached hydrogens (tertiary/aromatic N) is 3. The molecule has 2 heterocycles. The number of pyridine rings is 1. The second kappa shape index (κ2) is 4.22. The maximum Gasteiger partial charge on any atom is 0.310 e. The Morgan fingerprint density at radius 1 is 1.71 bits per heavy atom. The molecule has 0 radical (unpaired) electrons. The van der Waals surface area contributed by atoms with Crippen molar-refractivity contribution >= 4 is 23.4 Å². The van der Waals surface area contributed by atoms with Crippen LogP contribution in [0.5, 0.6) is 0 Å². The van der Waals surface area contributed by atoms with Crippen molar-refractivity contribution in [2.24, 2.45) is 5.92 Å². The Balaban J connectivity index is 2.22. The van der Waals surface area contributed by atoms with Crippen molar-refractivity contribution in [1.29, 1.82) is 5.26 Å². The first-order valence-corrected chi connectivity index (χ1v) is 5.45. The Labute approximate surface area is 103 Å². The summed E-state index contributed by atoms with van der Waals surface area (Å²) in [5.74, 6) is -0.604. The molecule has 0 atom stereocenters. The second-order valence-electron chi connectivity index (χ2n) is 3.98. The molecule has 6 heteroatoms. The maximum atomic E-state index is 10.7. The third-order valence-electron chi connectivity index (χ3n) is 2.80. The van der Waals surface area contributed by atoms with Gasteiger partial charge in [-0.25, -0.2) is 4.98 Å². The van der Waals surface area contributed by atoms with Crippen molar-refractivity contribution in [3.05, 3.63) is 22.3 Å². The predicted octanol–water partition coefficient (Wildman–Crippen LogP) is 1.44. The number of rotatable bonds is 2. The van der Waals surface area contributed by atoms with Gasteiger partial charge in [-0.05, 0) is 13.0 Å². The first-order valence-electron chi connectivity index (χ1n) is 5.08. The Morgan fingerprint density at radius 3 is 2.88 bits per heavy atom. The van der Waals surface area contributed by atoms with E-state index in [0.29, 0.717) is 35.2 Å². The summed E-state index contributed by atoms with van der Waals surface area (Å²) in [4.78, 5) is 16.7. The van der Waals surface area contributed by atoms with Crippen LogP contribution in [0.2, 0.25) is 5.02 Å². The molecule has 1 aromatic rings. The van der Waals surface area contributed by atoms with E-state index in [1.165, 1.54) is 0 Å². The molecule has 2 rings (SSSR count). The van der Waals surface area contributed by atoms with Gasteiger partial charge in [-0.1, -0.05) is 11.6 Å². The first kappa shape index (κ1) is 11.7. The van der Waals surface area contributed by atoms with Crippen molar-refractivity contribution in [2.75, 3.05) is 18.0 Å². The molecule has 1 saturated heterocycles. The number of carboxylic acids is 1. The molecule has 5 nitrogen and oxygen atoms in total. The number of anilines is 1. The van der Waals surface area contributed by atoms with Gasteiger partial charge in [0.05, 0.1) is 22.2 Å². The summed E-state index contributed by atoms with van der Waals surface area (Å²) in [5.41, 5.74) is 1.04. The summed E-state index contributed by atoms with van der Waals surface area (Å²) in [7, 11) is 0. The van der Waals surface area contributed by atoms with Crippen LogP contribution in [0.1, 0.15) is 11.3 Å². The summed E-state index contributed by atoms with van der Waals surface area (Å²) >= 11 is 6.01. The van der Waals surface area contributed by atoms with Crippen LogP contribution in [0.25, 0.3) is 0 Å². The van der Waals surface area contributed by atoms with Gasteiger partial charge in [0.25, 0.3) is 0 Å². The lowest BCUT2D eigenvalue weighted by Gasteiger charge is -2.38. The van der Waals surface area contributed by atoms with Crippen molar-refractivity contribution in [3.8, 4) is 6.07 Å². The van der Waals surface area contributed by atoms with E-state index in [0.717, 1.165) is 0 Å². The maximum absolute atomic E-state index is 10.7. The van der Waals surface area contributed by atoms with Gasteiger partial charge in [-0.2, -0.15) is 5.26 Å². The molecule has 1 fully saturated rings. The number of nitriles is 1. The van der Waals surface area contributed by atoms with Crippen LogP contribution in [0.4, 0.5) is 5.82 Å². The van der Waals surface area contributed by atoms with Gasteiger partial charge in [0.1, 0.15) is 11.9 Å². The minimum Gasteiger partial charge on any atom is -0.481 e. The van der Waals surface area contributed by atoms with Crippen LogP contribution < -0.4 is 4.90 Å². The Kier molecular flexibility index (Phi) is 2.90. The van der Waals surface area contributed by atoms with E-state index in [-0.39, 0.29) is 5.92 Å². The molecule has 0 aromatic carbocycles. The standard InChI is InChI=1S/C11H10ClN3O2/c1-6-7(3-13)2-9(12)10(14-6)15-4-8(5-15)11(16)17/h2,8H,4-5H2,1H3,(H,16,17). The summed E-state index contributed by atoms with van der Waals surface area (Å²) in [6.07, 6.45) is 0. The fourth-order valence-corrected chi connectivity index (χ4v) is 1.98. The zero-order valence-electron chi connectivity index (χ0n) is 9.14. The van der Waals surface area contributed by atoms with E-state index in [1.807, 2.05) is 6.07 Å². The zero-order chi connectivity index (χ0) is 12.6. The highest BCUT2D eigenvalue weighted by molar-refractivity contribution is 6.33. The molecule has 0 bridgehead atoms. The molecule has 88 valence electrons. The molecule has 1 N–H and O–H groups in total. The van der Waals surface area contributed by atoms with E-state index >= 15 is 0 Å². The fourth-order valence-electron chi connectivity index (χ4n) is 1.71. The minimum atomic E-state index is -0.803. The average Bonchev–Trinajstić information content (AvgIpc) is 2.19. The van der Waals surface area contributed by atoms with Crippen molar-refractivity contribution < 1.29 is 9.90 Å². The monoisotopic (exact) mass is 251 g/mol. The van der Waals surface area contributed by atoms with Gasteiger partial charge in [-0.3, -0.25) is 4.79 Å². The summed E-state index contributed by atoms with van der Waals surface area (Å²) in [5, 5.41) is 18.0. The number of aromatic nitrogens is 1. The quantitative estimate of drug-likeness (QED) is 0.861. The van der Waals surface area contributed by atoms with Gasteiger partial charge in [0.2, 0.25) is 0 Å². The predicted molar refractivity (Wildman–Crippen MR) is 62.0 cm³/mol. The Morgan fingerprint density at radius 2 is 2.35 bits per heavy atom. The van der Waals surface area contributed by atoms with Crippen LogP contribution in [-0.4, -0.2) is 29.1 Å². The normalized spacial score (nSPS) is 15.2. The fraction of sp³-hybridized carbons (Fsp3) is 0.364. The lowest BCUT2D eigenvalue weighted by molar-refractivity contribution is -0.142. The molecule has 0 spiro atoms. The average molecular weight is 252 g/mol. The second-order valence-corrected chi connectivity index (χ2v) is 4.39. The van der Waals surface area contributed by atoms with Gasteiger partial charge >= 0.3 is 5.97 Å². The first-order chi connectivity index (χ1) is 8.02. The largest absolute Gasteiger partial charge is 0.481 e. The molecule has 0 amide bonds. The minimum absolute atomic E-state index is 0.358. The highest BCUT2D eigenvalue weighted by atomic mass is 35.5. The molecule has 0 saturated carbocycles. The summed E-state index contributed by atoms with van der Waals surface area (Å²) in [6, 6.07) is 3.57. The summed E-state index contributed by atoms with van der Waals surface area (Å²) < 4.78 is 0. The van der Waals surface area contributed by atoms with Gasteiger partial charge in [0, 0.05) is 13.1 Å². The molecule has 1 aliphatic heterocycles. The van der Waals surface area contributed by atoms with Crippen molar-refractivity contribution in [1.82, 2.24) is 4.98 Å². The number of carboxylic acid groups (broad SMARTS) is 1. The molecule has 0 unspecified atom stereocenters. The van der Waals surface area contributed by atoms with Gasteiger partial charge in [0.15, 0.2) is 0 Å². The van der Waals surface area contributed by atoms with Crippen molar-refractivity contribution in [2.45, 2.75) is 6.92 Å². The molecular weight excluding hydrogens is 242 g/mol. The third kappa shape index (κ3) is 2.04. The number of carbonyl (C=O) groups is 1. The van der Waals surface area contributed by atoms with E-state index in [4.69, 9.17) is 22.0 Å². The number of halogens is 1. The van der Waals surface area contributed by atoms with Crippen LogP contribution in [0.3, 0.4) is 0 Å².